The van der Waals surface area contributed by atoms with E-state index in [0.29, 0.717) is 17.0 Å². The molecule has 0 radical (unpaired) electrons. The Labute approximate surface area is 179 Å². The zero-order chi connectivity index (χ0) is 22.5. The Morgan fingerprint density at radius 1 is 0.900 bits per heavy atom. The van der Waals surface area contributed by atoms with Gasteiger partial charge in [-0.3, -0.25) is 4.79 Å². The molecule has 0 saturated carbocycles. The second kappa shape index (κ2) is 9.20. The van der Waals surface area contributed by atoms with Gasteiger partial charge >= 0.3 is 6.09 Å². The predicted molar refractivity (Wildman–Crippen MR) is 119 cm³/mol. The number of amides is 2. The third-order valence-electron chi connectivity index (χ3n) is 4.39. The van der Waals surface area contributed by atoms with Gasteiger partial charge in [-0.05, 0) is 49.9 Å². The first kappa shape index (κ1) is 23.3. The number of ether oxygens (including phenoxy) is 2. The van der Waals surface area contributed by atoms with Crippen molar-refractivity contribution in [3.63, 3.8) is 0 Å². The van der Waals surface area contributed by atoms with Crippen molar-refractivity contribution >= 4 is 17.7 Å². The molecule has 0 aromatic heterocycles. The smallest absolute Gasteiger partial charge is 0.408 e. The molecule has 0 fully saturated rings. The van der Waals surface area contributed by atoms with Gasteiger partial charge in [-0.15, -0.1) is 0 Å². The van der Waals surface area contributed by atoms with Crippen molar-refractivity contribution in [2.45, 2.75) is 58.6 Å². The molecule has 2 aromatic rings. The summed E-state index contributed by atoms with van der Waals surface area (Å²) in [5.41, 5.74) is 1.66. The van der Waals surface area contributed by atoms with Crippen LogP contribution in [0.3, 0.4) is 0 Å². The van der Waals surface area contributed by atoms with Crippen LogP contribution in [0.15, 0.2) is 48.5 Å². The summed E-state index contributed by atoms with van der Waals surface area (Å²) in [7, 11) is 1.52. The molecule has 0 aliphatic rings. The van der Waals surface area contributed by atoms with Crippen molar-refractivity contribution in [2.75, 3.05) is 12.4 Å². The minimum atomic E-state index is -0.988. The molecule has 0 aliphatic carbocycles. The number of hydrogen-bond acceptors (Lipinski definition) is 4. The molecule has 0 bridgehead atoms. The van der Waals surface area contributed by atoms with Crippen molar-refractivity contribution in [2.24, 2.45) is 0 Å². The van der Waals surface area contributed by atoms with Gasteiger partial charge in [0, 0.05) is 11.3 Å². The van der Waals surface area contributed by atoms with Crippen LogP contribution >= 0.6 is 0 Å². The maximum absolute atomic E-state index is 13.1. The Balaban J connectivity index is 2.29. The van der Waals surface area contributed by atoms with Gasteiger partial charge < -0.3 is 20.1 Å². The summed E-state index contributed by atoms with van der Waals surface area (Å²) in [5.74, 6) is 0.102. The average Bonchev–Trinajstić information content (AvgIpc) is 2.64. The van der Waals surface area contributed by atoms with E-state index < -0.39 is 23.6 Å². The number of para-hydroxylation sites is 1. The number of benzene rings is 2. The molecule has 2 aromatic carbocycles. The van der Waals surface area contributed by atoms with Gasteiger partial charge in [0.05, 0.1) is 7.11 Å². The second-order valence-electron chi connectivity index (χ2n) is 9.14. The number of methoxy groups -OCH3 is 1. The number of carbonyl (C=O) groups is 2. The standard InChI is InChI=1S/C24H32N2O4/c1-23(2,3)16-12-14-17(15-13-16)25-21(27)20(26-22(28)30-24(4,5)6)18-10-8-9-11-19(18)29-7/h8-15,20H,1-7H3,(H,25,27)(H,26,28)/t20-/m0/s1. The van der Waals surface area contributed by atoms with E-state index in [0.717, 1.165) is 5.56 Å². The molecule has 162 valence electrons. The van der Waals surface area contributed by atoms with E-state index in [-0.39, 0.29) is 5.41 Å². The van der Waals surface area contributed by atoms with Crippen LogP contribution in [0, 0.1) is 0 Å². The van der Waals surface area contributed by atoms with Crippen LogP contribution in [-0.2, 0) is 14.9 Å². The Morgan fingerprint density at radius 2 is 1.50 bits per heavy atom. The van der Waals surface area contributed by atoms with E-state index in [1.54, 1.807) is 45.0 Å². The summed E-state index contributed by atoms with van der Waals surface area (Å²) in [6.45, 7) is 11.7. The summed E-state index contributed by atoms with van der Waals surface area (Å²) in [5, 5.41) is 5.54. The summed E-state index contributed by atoms with van der Waals surface area (Å²) >= 11 is 0. The highest BCUT2D eigenvalue weighted by Crippen LogP contribution is 2.27. The van der Waals surface area contributed by atoms with Crippen molar-refractivity contribution in [1.29, 1.82) is 0 Å². The number of nitrogens with one attached hydrogen (secondary N) is 2. The SMILES string of the molecule is COc1ccccc1[C@H](NC(=O)OC(C)(C)C)C(=O)Nc1ccc(C(C)(C)C)cc1. The topological polar surface area (TPSA) is 76.7 Å². The Bertz CT molecular complexity index is 877. The van der Waals surface area contributed by atoms with E-state index in [1.165, 1.54) is 7.11 Å². The van der Waals surface area contributed by atoms with Crippen molar-refractivity contribution < 1.29 is 19.1 Å². The molecule has 2 amide bonds. The average molecular weight is 413 g/mol. The minimum absolute atomic E-state index is 0.0146. The highest BCUT2D eigenvalue weighted by atomic mass is 16.6. The van der Waals surface area contributed by atoms with Crippen LogP contribution in [0.2, 0.25) is 0 Å². The lowest BCUT2D eigenvalue weighted by Gasteiger charge is -2.24. The molecule has 0 unspecified atom stereocenters. The quantitative estimate of drug-likeness (QED) is 0.708. The first-order chi connectivity index (χ1) is 13.9. The normalized spacial score (nSPS) is 12.6. The number of carbonyl (C=O) groups excluding carboxylic acids is 2. The van der Waals surface area contributed by atoms with Crippen LogP contribution in [0.1, 0.15) is 58.7 Å². The van der Waals surface area contributed by atoms with Crippen molar-refractivity contribution in [1.82, 2.24) is 5.32 Å². The molecule has 0 spiro atoms. The fraction of sp³-hybridized carbons (Fsp3) is 0.417. The Hall–Kier alpha value is -3.02. The van der Waals surface area contributed by atoms with Gasteiger partial charge in [-0.2, -0.15) is 0 Å². The van der Waals surface area contributed by atoms with Crippen LogP contribution in [-0.4, -0.2) is 24.7 Å². The number of anilines is 1. The van der Waals surface area contributed by atoms with Gasteiger partial charge in [-0.25, -0.2) is 4.79 Å². The molecule has 1 atom stereocenters. The third kappa shape index (κ3) is 6.51. The number of hydrogen-bond donors (Lipinski definition) is 2. The lowest BCUT2D eigenvalue weighted by molar-refractivity contribution is -0.118. The monoisotopic (exact) mass is 412 g/mol. The molecule has 30 heavy (non-hydrogen) atoms. The zero-order valence-corrected chi connectivity index (χ0v) is 18.8. The fourth-order valence-electron chi connectivity index (χ4n) is 2.88. The van der Waals surface area contributed by atoms with E-state index >= 15 is 0 Å². The third-order valence-corrected chi connectivity index (χ3v) is 4.39. The van der Waals surface area contributed by atoms with Crippen LogP contribution in [0.25, 0.3) is 0 Å². The van der Waals surface area contributed by atoms with Gasteiger partial charge in [0.25, 0.3) is 5.91 Å². The number of alkyl carbamates (subject to hydrolysis) is 1. The predicted octanol–water partition coefficient (Wildman–Crippen LogP) is 5.20. The molecule has 0 saturated heterocycles. The zero-order valence-electron chi connectivity index (χ0n) is 18.8. The van der Waals surface area contributed by atoms with Crippen LogP contribution < -0.4 is 15.4 Å². The van der Waals surface area contributed by atoms with Crippen molar-refractivity contribution in [3.05, 3.63) is 59.7 Å². The van der Waals surface area contributed by atoms with Gasteiger partial charge in [0.1, 0.15) is 17.4 Å². The Kier molecular flexibility index (Phi) is 7.13. The van der Waals surface area contributed by atoms with Gasteiger partial charge in [0.2, 0.25) is 0 Å². The molecule has 6 nitrogen and oxygen atoms in total. The van der Waals surface area contributed by atoms with Crippen LogP contribution in [0.4, 0.5) is 10.5 Å². The van der Waals surface area contributed by atoms with Crippen LogP contribution in [0.5, 0.6) is 5.75 Å². The van der Waals surface area contributed by atoms with E-state index in [1.807, 2.05) is 24.3 Å². The summed E-state index contributed by atoms with van der Waals surface area (Å²) in [6.07, 6.45) is -0.684. The maximum atomic E-state index is 13.1. The molecule has 0 aliphatic heterocycles. The molecule has 2 rings (SSSR count). The maximum Gasteiger partial charge on any atom is 0.408 e. The van der Waals surface area contributed by atoms with E-state index in [4.69, 9.17) is 9.47 Å². The first-order valence-corrected chi connectivity index (χ1v) is 9.94. The summed E-state index contributed by atoms with van der Waals surface area (Å²) in [4.78, 5) is 25.5. The van der Waals surface area contributed by atoms with E-state index in [9.17, 15) is 9.59 Å². The highest BCUT2D eigenvalue weighted by Gasteiger charge is 2.28. The fourth-order valence-corrected chi connectivity index (χ4v) is 2.88. The minimum Gasteiger partial charge on any atom is -0.496 e. The highest BCUT2D eigenvalue weighted by molar-refractivity contribution is 5.97. The number of rotatable bonds is 5. The molecule has 2 N–H and O–H groups in total. The molecule has 6 heteroatoms. The van der Waals surface area contributed by atoms with E-state index in [2.05, 4.69) is 31.4 Å². The van der Waals surface area contributed by atoms with Crippen molar-refractivity contribution in [3.8, 4) is 5.75 Å². The first-order valence-electron chi connectivity index (χ1n) is 9.94. The second-order valence-corrected chi connectivity index (χ2v) is 9.14. The van der Waals surface area contributed by atoms with Gasteiger partial charge in [-0.1, -0.05) is 51.1 Å². The molecular weight excluding hydrogens is 380 g/mol. The molecular formula is C24H32N2O4. The van der Waals surface area contributed by atoms with Gasteiger partial charge in [0.15, 0.2) is 0 Å². The summed E-state index contributed by atoms with van der Waals surface area (Å²) < 4.78 is 10.7. The lowest BCUT2D eigenvalue weighted by atomic mass is 9.87. The summed E-state index contributed by atoms with van der Waals surface area (Å²) in [6, 6.07) is 13.7. The largest absolute Gasteiger partial charge is 0.496 e. The molecule has 0 heterocycles. The lowest BCUT2D eigenvalue weighted by Crippen LogP contribution is -2.40. The Morgan fingerprint density at radius 3 is 2.03 bits per heavy atom.